The minimum absolute atomic E-state index is 0.130. The number of hydrogen-bond donors (Lipinski definition) is 2. The largest absolute Gasteiger partial charge is 0.411 e. The number of halogens is 3. The molecule has 2 N–H and O–H groups in total. The van der Waals surface area contributed by atoms with Gasteiger partial charge >= 0.3 is 6.18 Å². The van der Waals surface area contributed by atoms with Crippen molar-refractivity contribution >= 4 is 5.91 Å². The second kappa shape index (κ2) is 7.96. The van der Waals surface area contributed by atoms with E-state index >= 15 is 0 Å². The molecule has 1 heterocycles. The Kier molecular flexibility index (Phi) is 5.97. The molecular formula is C16H18F3N3O2. The Morgan fingerprint density at radius 1 is 1.29 bits per heavy atom. The highest BCUT2D eigenvalue weighted by molar-refractivity contribution is 5.75. The number of alkyl halides is 3. The fourth-order valence-corrected chi connectivity index (χ4v) is 1.96. The zero-order valence-electron chi connectivity index (χ0n) is 13.1. The van der Waals surface area contributed by atoms with Crippen molar-refractivity contribution in [2.24, 2.45) is 0 Å². The summed E-state index contributed by atoms with van der Waals surface area (Å²) in [5.74, 6) is -0.385. The predicted molar refractivity (Wildman–Crippen MR) is 82.1 cm³/mol. The van der Waals surface area contributed by atoms with Crippen LogP contribution < -0.4 is 5.32 Å². The molecule has 0 saturated heterocycles. The molecule has 0 aliphatic carbocycles. The van der Waals surface area contributed by atoms with Crippen molar-refractivity contribution in [3.05, 3.63) is 41.6 Å². The molecule has 130 valence electrons. The number of aryl methyl sites for hydroxylation is 1. The lowest BCUT2D eigenvalue weighted by Gasteiger charge is -2.07. The van der Waals surface area contributed by atoms with E-state index in [1.54, 1.807) is 0 Å². The molecule has 24 heavy (non-hydrogen) atoms. The number of hydrogen-bond acceptors (Lipinski definition) is 3. The summed E-state index contributed by atoms with van der Waals surface area (Å²) < 4.78 is 40.0. The number of carbonyl (C=O) groups is 1. The Morgan fingerprint density at radius 2 is 2.00 bits per heavy atom. The molecule has 0 aliphatic rings. The fourth-order valence-electron chi connectivity index (χ4n) is 1.96. The number of ether oxygens (including phenoxy) is 1. The van der Waals surface area contributed by atoms with Crippen molar-refractivity contribution in [3.63, 3.8) is 0 Å². The maximum absolute atomic E-state index is 11.9. The van der Waals surface area contributed by atoms with Crippen LogP contribution in [-0.4, -0.2) is 35.5 Å². The minimum Gasteiger partial charge on any atom is -0.372 e. The third kappa shape index (κ3) is 6.04. The molecule has 8 heteroatoms. The Balaban J connectivity index is 1.74. The molecule has 0 spiro atoms. The van der Waals surface area contributed by atoms with Crippen LogP contribution in [0.15, 0.2) is 30.3 Å². The first-order chi connectivity index (χ1) is 11.3. The number of nitrogens with one attached hydrogen (secondary N) is 2. The average molecular weight is 341 g/mol. The molecule has 5 nitrogen and oxygen atoms in total. The van der Waals surface area contributed by atoms with Crippen molar-refractivity contribution in [3.8, 4) is 11.3 Å². The van der Waals surface area contributed by atoms with E-state index in [0.717, 1.165) is 16.8 Å². The normalized spacial score (nSPS) is 11.5. The minimum atomic E-state index is -4.38. The highest BCUT2D eigenvalue weighted by Gasteiger charge is 2.27. The summed E-state index contributed by atoms with van der Waals surface area (Å²) in [7, 11) is 0. The van der Waals surface area contributed by atoms with Gasteiger partial charge in [0, 0.05) is 12.0 Å². The van der Waals surface area contributed by atoms with Crippen LogP contribution in [0, 0.1) is 6.92 Å². The number of aromatic nitrogens is 2. The van der Waals surface area contributed by atoms with Gasteiger partial charge in [-0.25, -0.2) is 0 Å². The van der Waals surface area contributed by atoms with Gasteiger partial charge in [0.1, 0.15) is 6.61 Å². The van der Waals surface area contributed by atoms with Gasteiger partial charge in [-0.05, 0) is 13.0 Å². The third-order valence-corrected chi connectivity index (χ3v) is 3.19. The first-order valence-electron chi connectivity index (χ1n) is 7.36. The SMILES string of the molecule is Cc1ccc(-c2cc(CNC(=O)CCOCC(F)(F)F)[nH]n2)cc1. The number of carbonyl (C=O) groups excluding carboxylic acids is 1. The van der Waals surface area contributed by atoms with Crippen LogP contribution in [0.25, 0.3) is 11.3 Å². The number of nitrogens with zero attached hydrogens (tertiary/aromatic N) is 1. The molecule has 0 unspecified atom stereocenters. The maximum Gasteiger partial charge on any atom is 0.411 e. The van der Waals surface area contributed by atoms with Gasteiger partial charge in [0.2, 0.25) is 5.91 Å². The molecule has 0 radical (unpaired) electrons. The van der Waals surface area contributed by atoms with E-state index in [9.17, 15) is 18.0 Å². The van der Waals surface area contributed by atoms with E-state index in [0.29, 0.717) is 5.69 Å². The van der Waals surface area contributed by atoms with Crippen LogP contribution in [0.2, 0.25) is 0 Å². The molecule has 2 aromatic rings. The van der Waals surface area contributed by atoms with Gasteiger partial charge in [-0.1, -0.05) is 29.8 Å². The van der Waals surface area contributed by atoms with Crippen molar-refractivity contribution in [1.82, 2.24) is 15.5 Å². The number of amides is 1. The zero-order valence-corrected chi connectivity index (χ0v) is 13.1. The standard InChI is InChI=1S/C16H18F3N3O2/c1-11-2-4-12(5-3-11)14-8-13(21-22-14)9-20-15(23)6-7-24-10-16(17,18)19/h2-5,8H,6-7,9-10H2,1H3,(H,20,23)(H,21,22). The molecule has 1 aromatic carbocycles. The molecule has 0 fully saturated rings. The smallest absolute Gasteiger partial charge is 0.372 e. The van der Waals surface area contributed by atoms with Crippen molar-refractivity contribution < 1.29 is 22.7 Å². The number of benzene rings is 1. The van der Waals surface area contributed by atoms with Crippen LogP contribution in [0.5, 0.6) is 0 Å². The summed E-state index contributed by atoms with van der Waals surface area (Å²) in [5.41, 5.74) is 3.56. The summed E-state index contributed by atoms with van der Waals surface area (Å²) in [5, 5.41) is 9.59. The molecule has 0 aliphatic heterocycles. The van der Waals surface area contributed by atoms with Crippen LogP contribution >= 0.6 is 0 Å². The molecule has 0 saturated carbocycles. The summed E-state index contributed by atoms with van der Waals surface area (Å²) in [6.45, 7) is 0.592. The lowest BCUT2D eigenvalue weighted by molar-refractivity contribution is -0.174. The molecule has 1 amide bonds. The van der Waals surface area contributed by atoms with Gasteiger partial charge in [0.25, 0.3) is 0 Å². The molecule has 2 rings (SSSR count). The van der Waals surface area contributed by atoms with Crippen LogP contribution in [0.1, 0.15) is 17.7 Å². The lowest BCUT2D eigenvalue weighted by Crippen LogP contribution is -2.25. The Hall–Kier alpha value is -2.35. The zero-order chi connectivity index (χ0) is 17.6. The van der Waals surface area contributed by atoms with E-state index < -0.39 is 12.8 Å². The van der Waals surface area contributed by atoms with E-state index in [2.05, 4.69) is 20.3 Å². The van der Waals surface area contributed by atoms with Crippen molar-refractivity contribution in [2.75, 3.05) is 13.2 Å². The lowest BCUT2D eigenvalue weighted by atomic mass is 10.1. The van der Waals surface area contributed by atoms with Crippen LogP contribution in [-0.2, 0) is 16.1 Å². The predicted octanol–water partition coefficient (Wildman–Crippen LogP) is 2.97. The van der Waals surface area contributed by atoms with E-state index in [1.165, 1.54) is 0 Å². The van der Waals surface area contributed by atoms with Gasteiger partial charge in [0.15, 0.2) is 0 Å². The van der Waals surface area contributed by atoms with E-state index in [1.807, 2.05) is 37.3 Å². The first-order valence-corrected chi connectivity index (χ1v) is 7.36. The van der Waals surface area contributed by atoms with Gasteiger partial charge in [-0.3, -0.25) is 9.89 Å². The van der Waals surface area contributed by atoms with Gasteiger partial charge in [-0.2, -0.15) is 18.3 Å². The second-order valence-electron chi connectivity index (χ2n) is 5.34. The summed E-state index contributed by atoms with van der Waals surface area (Å²) in [6.07, 6.45) is -4.51. The molecule has 1 aromatic heterocycles. The Morgan fingerprint density at radius 3 is 2.67 bits per heavy atom. The Labute approximate surface area is 137 Å². The van der Waals surface area contributed by atoms with Crippen molar-refractivity contribution in [2.45, 2.75) is 26.1 Å². The summed E-state index contributed by atoms with van der Waals surface area (Å²) in [4.78, 5) is 11.5. The van der Waals surface area contributed by atoms with Crippen LogP contribution in [0.4, 0.5) is 13.2 Å². The second-order valence-corrected chi connectivity index (χ2v) is 5.34. The van der Waals surface area contributed by atoms with Crippen molar-refractivity contribution in [1.29, 1.82) is 0 Å². The number of H-pyrrole nitrogens is 1. The van der Waals surface area contributed by atoms with Gasteiger partial charge in [0.05, 0.1) is 24.5 Å². The summed E-state index contributed by atoms with van der Waals surface area (Å²) in [6, 6.07) is 9.67. The number of rotatable bonds is 7. The monoisotopic (exact) mass is 341 g/mol. The maximum atomic E-state index is 11.9. The fraction of sp³-hybridized carbons (Fsp3) is 0.375. The van der Waals surface area contributed by atoms with Gasteiger partial charge in [-0.15, -0.1) is 0 Å². The topological polar surface area (TPSA) is 67.0 Å². The van der Waals surface area contributed by atoms with E-state index in [-0.39, 0.29) is 25.5 Å². The third-order valence-electron chi connectivity index (χ3n) is 3.19. The molecule has 0 atom stereocenters. The van der Waals surface area contributed by atoms with Gasteiger partial charge < -0.3 is 10.1 Å². The molecular weight excluding hydrogens is 323 g/mol. The average Bonchev–Trinajstić information content (AvgIpc) is 2.98. The first kappa shape index (κ1) is 18.0. The highest BCUT2D eigenvalue weighted by Crippen LogP contribution is 2.18. The van der Waals surface area contributed by atoms with Crippen LogP contribution in [0.3, 0.4) is 0 Å². The highest BCUT2D eigenvalue weighted by atomic mass is 19.4. The van der Waals surface area contributed by atoms with E-state index in [4.69, 9.17) is 0 Å². The summed E-state index contributed by atoms with van der Waals surface area (Å²) >= 11 is 0. The molecule has 0 bridgehead atoms. The Bertz CT molecular complexity index is 666. The number of aromatic amines is 1. The quantitative estimate of drug-likeness (QED) is 0.761.